The number of alkyl halides is 2. The maximum Gasteiger partial charge on any atom is 0.341 e. The summed E-state index contributed by atoms with van der Waals surface area (Å²) in [5.41, 5.74) is 0.925. The van der Waals surface area contributed by atoms with E-state index in [9.17, 15) is 17.2 Å². The summed E-state index contributed by atoms with van der Waals surface area (Å²) < 4.78 is 47.5. The maximum atomic E-state index is 12.4. The monoisotopic (exact) mass is 305 g/mol. The Bertz CT molecular complexity index is 514. The molecule has 0 saturated carbocycles. The van der Waals surface area contributed by atoms with Gasteiger partial charge < -0.3 is 5.32 Å². The molecule has 0 amide bonds. The molecule has 3 nitrogen and oxygen atoms in total. The minimum absolute atomic E-state index is 0.171. The van der Waals surface area contributed by atoms with E-state index in [2.05, 4.69) is 12.2 Å². The zero-order chi connectivity index (χ0) is 15.3. The normalized spacial score (nSPS) is 15.3. The molecule has 114 valence electrons. The van der Waals surface area contributed by atoms with Crippen LogP contribution in [0.5, 0.6) is 0 Å². The molecule has 0 spiro atoms. The van der Waals surface area contributed by atoms with E-state index in [4.69, 9.17) is 0 Å². The fourth-order valence-electron chi connectivity index (χ4n) is 1.90. The smallest absolute Gasteiger partial charge is 0.314 e. The highest BCUT2D eigenvalue weighted by Crippen LogP contribution is 2.23. The summed E-state index contributed by atoms with van der Waals surface area (Å²) in [7, 11) is -4.50. The number of benzene rings is 1. The molecule has 0 bridgehead atoms. The average Bonchev–Trinajstić information content (AvgIpc) is 2.43. The second kappa shape index (κ2) is 7.13. The molecule has 0 fully saturated rings. The van der Waals surface area contributed by atoms with E-state index in [-0.39, 0.29) is 16.9 Å². The van der Waals surface area contributed by atoms with Crippen LogP contribution in [0.1, 0.15) is 38.7 Å². The highest BCUT2D eigenvalue weighted by Gasteiger charge is 2.26. The van der Waals surface area contributed by atoms with Gasteiger partial charge in [0.05, 0.1) is 4.90 Å². The van der Waals surface area contributed by atoms with E-state index < -0.39 is 15.6 Å². The van der Waals surface area contributed by atoms with Crippen LogP contribution in [0.4, 0.5) is 8.78 Å². The number of sulfone groups is 1. The van der Waals surface area contributed by atoms with Crippen LogP contribution in [-0.2, 0) is 9.84 Å². The molecule has 1 N–H and O–H groups in total. The fourth-order valence-corrected chi connectivity index (χ4v) is 2.62. The highest BCUT2D eigenvalue weighted by atomic mass is 32.2. The Morgan fingerprint density at radius 2 is 1.70 bits per heavy atom. The molecular formula is C14H21F2NO2S. The lowest BCUT2D eigenvalue weighted by atomic mass is 9.94. The zero-order valence-electron chi connectivity index (χ0n) is 11.9. The lowest BCUT2D eigenvalue weighted by Gasteiger charge is -2.21. The van der Waals surface area contributed by atoms with Crippen LogP contribution in [0.2, 0.25) is 0 Å². The standard InChI is InChI=1S/C14H21F2NO2S/c1-4-9-17-11(3)10(2)12-5-7-13(8-6-12)20(18,19)14(15)16/h5-8,10-11,14,17H,4,9H2,1-3H3. The lowest BCUT2D eigenvalue weighted by Crippen LogP contribution is -2.31. The van der Waals surface area contributed by atoms with Gasteiger partial charge in [0.25, 0.3) is 0 Å². The molecule has 0 saturated heterocycles. The maximum absolute atomic E-state index is 12.4. The molecule has 1 aromatic rings. The lowest BCUT2D eigenvalue weighted by molar-refractivity contribution is 0.234. The van der Waals surface area contributed by atoms with Gasteiger partial charge in [0.1, 0.15) is 0 Å². The molecule has 0 aromatic heterocycles. The second-order valence-corrected chi connectivity index (χ2v) is 6.82. The van der Waals surface area contributed by atoms with Crippen LogP contribution in [0.3, 0.4) is 0 Å². The van der Waals surface area contributed by atoms with Crippen molar-refractivity contribution in [1.29, 1.82) is 0 Å². The summed E-state index contributed by atoms with van der Waals surface area (Å²) in [4.78, 5) is -0.336. The SMILES string of the molecule is CCCNC(C)C(C)c1ccc(S(=O)(=O)C(F)F)cc1. The third-order valence-electron chi connectivity index (χ3n) is 3.44. The van der Waals surface area contributed by atoms with Crippen LogP contribution in [-0.4, -0.2) is 26.8 Å². The summed E-state index contributed by atoms with van der Waals surface area (Å²) in [5, 5.41) is 3.36. The van der Waals surface area contributed by atoms with Crippen LogP contribution < -0.4 is 5.32 Å². The first-order valence-electron chi connectivity index (χ1n) is 6.66. The van der Waals surface area contributed by atoms with Gasteiger partial charge >= 0.3 is 5.76 Å². The van der Waals surface area contributed by atoms with Crippen molar-refractivity contribution >= 4 is 9.84 Å². The molecular weight excluding hydrogens is 284 g/mol. The van der Waals surface area contributed by atoms with Gasteiger partial charge in [0.2, 0.25) is 9.84 Å². The van der Waals surface area contributed by atoms with Crippen molar-refractivity contribution in [3.63, 3.8) is 0 Å². The van der Waals surface area contributed by atoms with Crippen molar-refractivity contribution in [2.45, 2.75) is 49.8 Å². The van der Waals surface area contributed by atoms with Crippen molar-refractivity contribution in [3.8, 4) is 0 Å². The number of rotatable bonds is 7. The first-order valence-corrected chi connectivity index (χ1v) is 8.20. The van der Waals surface area contributed by atoms with Crippen LogP contribution in [0.25, 0.3) is 0 Å². The van der Waals surface area contributed by atoms with Gasteiger partial charge in [0, 0.05) is 6.04 Å². The molecule has 0 aliphatic carbocycles. The molecule has 2 atom stereocenters. The minimum Gasteiger partial charge on any atom is -0.314 e. The van der Waals surface area contributed by atoms with Crippen molar-refractivity contribution in [3.05, 3.63) is 29.8 Å². The summed E-state index contributed by atoms with van der Waals surface area (Å²) in [5.74, 6) is -3.21. The molecule has 1 aromatic carbocycles. The Hall–Kier alpha value is -1.01. The molecule has 0 radical (unpaired) electrons. The van der Waals surface area contributed by atoms with Crippen LogP contribution in [0.15, 0.2) is 29.2 Å². The summed E-state index contributed by atoms with van der Waals surface area (Å²) in [6, 6.07) is 5.93. The Morgan fingerprint density at radius 1 is 1.15 bits per heavy atom. The predicted molar refractivity (Wildman–Crippen MR) is 75.8 cm³/mol. The molecule has 2 unspecified atom stereocenters. The molecule has 1 rings (SSSR count). The Labute approximate surface area is 119 Å². The Kier molecular flexibility index (Phi) is 6.07. The van der Waals surface area contributed by atoms with Crippen molar-refractivity contribution in [1.82, 2.24) is 5.32 Å². The molecule has 0 heterocycles. The number of halogens is 2. The number of hydrogen-bond donors (Lipinski definition) is 1. The topological polar surface area (TPSA) is 46.2 Å². The molecule has 6 heteroatoms. The van der Waals surface area contributed by atoms with Crippen LogP contribution >= 0.6 is 0 Å². The van der Waals surface area contributed by atoms with E-state index in [1.165, 1.54) is 12.1 Å². The average molecular weight is 305 g/mol. The van der Waals surface area contributed by atoms with Gasteiger partial charge in [-0.05, 0) is 43.5 Å². The van der Waals surface area contributed by atoms with E-state index >= 15 is 0 Å². The van der Waals surface area contributed by atoms with Gasteiger partial charge in [-0.3, -0.25) is 0 Å². The Morgan fingerprint density at radius 3 is 2.15 bits per heavy atom. The van der Waals surface area contributed by atoms with Gasteiger partial charge in [-0.25, -0.2) is 8.42 Å². The quantitative estimate of drug-likeness (QED) is 0.841. The third kappa shape index (κ3) is 3.99. The fraction of sp³-hybridized carbons (Fsp3) is 0.571. The number of hydrogen-bond acceptors (Lipinski definition) is 3. The van der Waals surface area contributed by atoms with Gasteiger partial charge in [-0.15, -0.1) is 0 Å². The zero-order valence-corrected chi connectivity index (χ0v) is 12.8. The van der Waals surface area contributed by atoms with Gasteiger partial charge in [0.15, 0.2) is 0 Å². The van der Waals surface area contributed by atoms with E-state index in [1.807, 2.05) is 13.8 Å². The minimum atomic E-state index is -4.50. The van der Waals surface area contributed by atoms with Crippen LogP contribution in [0, 0.1) is 0 Å². The molecule has 0 aliphatic rings. The van der Waals surface area contributed by atoms with Gasteiger partial charge in [-0.1, -0.05) is 26.0 Å². The first kappa shape index (κ1) is 17.0. The van der Waals surface area contributed by atoms with Crippen molar-refractivity contribution < 1.29 is 17.2 Å². The predicted octanol–water partition coefficient (Wildman–Crippen LogP) is 3.17. The first-order chi connectivity index (χ1) is 9.30. The van der Waals surface area contributed by atoms with Crippen molar-refractivity contribution in [2.24, 2.45) is 0 Å². The summed E-state index contributed by atoms with van der Waals surface area (Å²) in [6.07, 6.45) is 1.03. The molecule has 0 aliphatic heterocycles. The summed E-state index contributed by atoms with van der Waals surface area (Å²) in [6.45, 7) is 7.05. The highest BCUT2D eigenvalue weighted by molar-refractivity contribution is 7.91. The van der Waals surface area contributed by atoms with E-state index in [0.29, 0.717) is 0 Å². The Balaban J connectivity index is 2.86. The largest absolute Gasteiger partial charge is 0.341 e. The van der Waals surface area contributed by atoms with E-state index in [0.717, 1.165) is 18.5 Å². The second-order valence-electron chi connectivity index (χ2n) is 4.91. The third-order valence-corrected chi connectivity index (χ3v) is 4.83. The summed E-state index contributed by atoms with van der Waals surface area (Å²) >= 11 is 0. The van der Waals surface area contributed by atoms with Gasteiger partial charge in [-0.2, -0.15) is 8.78 Å². The number of nitrogens with one attached hydrogen (secondary N) is 1. The molecule has 20 heavy (non-hydrogen) atoms. The van der Waals surface area contributed by atoms with Crippen molar-refractivity contribution in [2.75, 3.05) is 6.54 Å². The van der Waals surface area contributed by atoms with E-state index in [1.54, 1.807) is 12.1 Å².